The van der Waals surface area contributed by atoms with Crippen LogP contribution < -0.4 is 5.32 Å². The zero-order valence-corrected chi connectivity index (χ0v) is 15.7. The summed E-state index contributed by atoms with van der Waals surface area (Å²) in [6.45, 7) is 7.71. The van der Waals surface area contributed by atoms with Crippen LogP contribution in [0.25, 0.3) is 6.08 Å². The SMILES string of the molecule is CN(C)CCNC(=O)CCN1CCN(C/C=C/c2ccccc2)CC1. The number of likely N-dealkylation sites (N-methyl/N-ethyl adjacent to an activating group) is 1. The lowest BCUT2D eigenvalue weighted by atomic mass is 10.2. The molecule has 0 aliphatic carbocycles. The molecule has 1 N–H and O–H groups in total. The van der Waals surface area contributed by atoms with Gasteiger partial charge in [-0.05, 0) is 19.7 Å². The van der Waals surface area contributed by atoms with Gasteiger partial charge in [-0.1, -0.05) is 42.5 Å². The monoisotopic (exact) mass is 344 g/mol. The van der Waals surface area contributed by atoms with Crippen LogP contribution in [0.4, 0.5) is 0 Å². The highest BCUT2D eigenvalue weighted by Crippen LogP contribution is 2.05. The summed E-state index contributed by atoms with van der Waals surface area (Å²) in [5.41, 5.74) is 1.25. The molecule has 138 valence electrons. The number of hydrogen-bond acceptors (Lipinski definition) is 4. The maximum atomic E-state index is 11.8. The van der Waals surface area contributed by atoms with Crippen LogP contribution in [0, 0.1) is 0 Å². The lowest BCUT2D eigenvalue weighted by Gasteiger charge is -2.34. The smallest absolute Gasteiger partial charge is 0.221 e. The maximum absolute atomic E-state index is 11.8. The van der Waals surface area contributed by atoms with Gasteiger partial charge in [0.15, 0.2) is 0 Å². The molecule has 0 bridgehead atoms. The van der Waals surface area contributed by atoms with Gasteiger partial charge in [0.2, 0.25) is 5.91 Å². The Morgan fingerprint density at radius 1 is 1.12 bits per heavy atom. The van der Waals surface area contributed by atoms with Crippen molar-refractivity contribution in [3.05, 3.63) is 42.0 Å². The van der Waals surface area contributed by atoms with Gasteiger partial charge in [-0.25, -0.2) is 0 Å². The summed E-state index contributed by atoms with van der Waals surface area (Å²) in [4.78, 5) is 18.8. The van der Waals surface area contributed by atoms with Gasteiger partial charge in [-0.3, -0.25) is 9.69 Å². The Bertz CT molecular complexity index is 522. The molecule has 2 rings (SSSR count). The van der Waals surface area contributed by atoms with Crippen molar-refractivity contribution in [3.8, 4) is 0 Å². The highest BCUT2D eigenvalue weighted by molar-refractivity contribution is 5.76. The predicted octanol–water partition coefficient (Wildman–Crippen LogP) is 1.39. The first-order chi connectivity index (χ1) is 12.1. The standard InChI is InChI=1S/C20H32N4O/c1-22(2)14-11-21-20(25)10-13-24-17-15-23(16-18-24)12-6-9-19-7-4-3-5-8-19/h3-9H,10-18H2,1-2H3,(H,21,25)/b9-6+. The molecule has 1 aliphatic rings. The molecule has 1 heterocycles. The Hall–Kier alpha value is -1.69. The van der Waals surface area contributed by atoms with Gasteiger partial charge in [-0.15, -0.1) is 0 Å². The Kier molecular flexibility index (Phi) is 8.66. The van der Waals surface area contributed by atoms with Crippen molar-refractivity contribution in [2.75, 3.05) is 66.5 Å². The lowest BCUT2D eigenvalue weighted by molar-refractivity contribution is -0.121. The van der Waals surface area contributed by atoms with E-state index in [0.717, 1.165) is 52.4 Å². The molecule has 1 saturated heterocycles. The van der Waals surface area contributed by atoms with E-state index in [-0.39, 0.29) is 5.91 Å². The zero-order valence-electron chi connectivity index (χ0n) is 15.7. The van der Waals surface area contributed by atoms with Gasteiger partial charge in [-0.2, -0.15) is 0 Å². The number of amides is 1. The van der Waals surface area contributed by atoms with Crippen molar-refractivity contribution in [2.24, 2.45) is 0 Å². The number of nitrogens with one attached hydrogen (secondary N) is 1. The predicted molar refractivity (Wildman–Crippen MR) is 105 cm³/mol. The summed E-state index contributed by atoms with van der Waals surface area (Å²) in [6.07, 6.45) is 5.02. The van der Waals surface area contributed by atoms with Crippen molar-refractivity contribution in [1.29, 1.82) is 0 Å². The van der Waals surface area contributed by atoms with E-state index >= 15 is 0 Å². The van der Waals surface area contributed by atoms with Crippen LogP contribution in [0.1, 0.15) is 12.0 Å². The minimum atomic E-state index is 0.162. The number of carbonyl (C=O) groups excluding carboxylic acids is 1. The molecule has 0 atom stereocenters. The van der Waals surface area contributed by atoms with Crippen LogP contribution >= 0.6 is 0 Å². The quantitative estimate of drug-likeness (QED) is 0.735. The van der Waals surface area contributed by atoms with Crippen LogP contribution in [0.15, 0.2) is 36.4 Å². The van der Waals surface area contributed by atoms with Crippen molar-refractivity contribution in [3.63, 3.8) is 0 Å². The van der Waals surface area contributed by atoms with Crippen molar-refractivity contribution < 1.29 is 4.79 Å². The molecule has 0 radical (unpaired) electrons. The van der Waals surface area contributed by atoms with E-state index in [0.29, 0.717) is 6.42 Å². The Morgan fingerprint density at radius 3 is 2.48 bits per heavy atom. The van der Waals surface area contributed by atoms with Crippen LogP contribution in [-0.2, 0) is 4.79 Å². The fourth-order valence-corrected chi connectivity index (χ4v) is 2.86. The Labute approximate surface area is 152 Å². The molecule has 1 aromatic rings. The third-order valence-electron chi connectivity index (χ3n) is 4.47. The topological polar surface area (TPSA) is 38.8 Å². The summed E-state index contributed by atoms with van der Waals surface area (Å²) >= 11 is 0. The number of piperazine rings is 1. The number of rotatable bonds is 9. The molecule has 0 spiro atoms. The van der Waals surface area contributed by atoms with Gasteiger partial charge in [0.05, 0.1) is 0 Å². The fourth-order valence-electron chi connectivity index (χ4n) is 2.86. The van der Waals surface area contributed by atoms with E-state index in [1.165, 1.54) is 5.56 Å². The van der Waals surface area contributed by atoms with Crippen LogP contribution in [0.3, 0.4) is 0 Å². The first-order valence-electron chi connectivity index (χ1n) is 9.21. The minimum Gasteiger partial charge on any atom is -0.355 e. The van der Waals surface area contributed by atoms with Crippen LogP contribution in [0.5, 0.6) is 0 Å². The van der Waals surface area contributed by atoms with E-state index < -0.39 is 0 Å². The molecule has 0 saturated carbocycles. The number of nitrogens with zero attached hydrogens (tertiary/aromatic N) is 3. The largest absolute Gasteiger partial charge is 0.355 e. The van der Waals surface area contributed by atoms with E-state index in [9.17, 15) is 4.79 Å². The van der Waals surface area contributed by atoms with Gasteiger partial charge >= 0.3 is 0 Å². The summed E-state index contributed by atoms with van der Waals surface area (Å²) in [6, 6.07) is 10.4. The summed E-state index contributed by atoms with van der Waals surface area (Å²) < 4.78 is 0. The molecule has 0 unspecified atom stereocenters. The average molecular weight is 345 g/mol. The second kappa shape index (κ2) is 11.0. The van der Waals surface area contributed by atoms with Gasteiger partial charge < -0.3 is 15.1 Å². The molecule has 5 nitrogen and oxygen atoms in total. The summed E-state index contributed by atoms with van der Waals surface area (Å²) in [5, 5.41) is 2.98. The van der Waals surface area contributed by atoms with Gasteiger partial charge in [0.25, 0.3) is 0 Å². The van der Waals surface area contributed by atoms with Crippen molar-refractivity contribution in [2.45, 2.75) is 6.42 Å². The Balaban J connectivity index is 1.57. The molecule has 0 aromatic heterocycles. The molecule has 1 amide bonds. The first-order valence-corrected chi connectivity index (χ1v) is 9.21. The summed E-state index contributed by atoms with van der Waals surface area (Å²) in [5.74, 6) is 0.162. The van der Waals surface area contributed by atoms with Crippen LogP contribution in [-0.4, -0.2) is 87.1 Å². The van der Waals surface area contributed by atoms with Gasteiger partial charge in [0.1, 0.15) is 0 Å². The second-order valence-electron chi connectivity index (χ2n) is 6.86. The second-order valence-corrected chi connectivity index (χ2v) is 6.86. The van der Waals surface area contributed by atoms with E-state index in [2.05, 4.69) is 56.4 Å². The average Bonchev–Trinajstić information content (AvgIpc) is 2.62. The van der Waals surface area contributed by atoms with Crippen LogP contribution in [0.2, 0.25) is 0 Å². The first kappa shape index (κ1) is 19.6. The fraction of sp³-hybridized carbons (Fsp3) is 0.550. The number of hydrogen-bond donors (Lipinski definition) is 1. The van der Waals surface area contributed by atoms with Crippen molar-refractivity contribution >= 4 is 12.0 Å². The van der Waals surface area contributed by atoms with E-state index in [1.807, 2.05) is 20.2 Å². The number of carbonyl (C=O) groups is 1. The molecule has 5 heteroatoms. The maximum Gasteiger partial charge on any atom is 0.221 e. The third-order valence-corrected chi connectivity index (χ3v) is 4.47. The number of benzene rings is 1. The highest BCUT2D eigenvalue weighted by atomic mass is 16.1. The molecular formula is C20H32N4O. The summed E-state index contributed by atoms with van der Waals surface area (Å²) in [7, 11) is 4.03. The highest BCUT2D eigenvalue weighted by Gasteiger charge is 2.16. The normalized spacial score (nSPS) is 16.6. The Morgan fingerprint density at radius 2 is 1.80 bits per heavy atom. The zero-order chi connectivity index (χ0) is 17.9. The van der Waals surface area contributed by atoms with Crippen molar-refractivity contribution in [1.82, 2.24) is 20.0 Å². The minimum absolute atomic E-state index is 0.162. The lowest BCUT2D eigenvalue weighted by Crippen LogP contribution is -2.47. The molecule has 1 aromatic carbocycles. The van der Waals surface area contributed by atoms with E-state index in [4.69, 9.17) is 0 Å². The molecule has 25 heavy (non-hydrogen) atoms. The van der Waals surface area contributed by atoms with E-state index in [1.54, 1.807) is 0 Å². The molecule has 1 fully saturated rings. The van der Waals surface area contributed by atoms with Gasteiger partial charge in [0, 0.05) is 58.8 Å². The molecular weight excluding hydrogens is 312 g/mol. The third kappa shape index (κ3) is 8.29. The molecule has 1 aliphatic heterocycles.